The third-order valence-electron chi connectivity index (χ3n) is 4.40. The fourth-order valence-electron chi connectivity index (χ4n) is 3.01. The third kappa shape index (κ3) is 4.95. The number of aromatic nitrogens is 2. The van der Waals surface area contributed by atoms with E-state index in [4.69, 9.17) is 9.47 Å². The highest BCUT2D eigenvalue weighted by Gasteiger charge is 2.09. The van der Waals surface area contributed by atoms with Crippen molar-refractivity contribution in [3.8, 4) is 11.5 Å². The number of ether oxygens (including phenoxy) is 2. The molecule has 28 heavy (non-hydrogen) atoms. The minimum absolute atomic E-state index is 0.682. The van der Waals surface area contributed by atoms with Crippen LogP contribution in [0.15, 0.2) is 29.4 Å². The first-order chi connectivity index (χ1) is 13.6. The highest BCUT2D eigenvalue weighted by atomic mass is 32.1. The number of aromatic amines is 1. The van der Waals surface area contributed by atoms with Crippen LogP contribution >= 0.6 is 11.3 Å². The molecular formula is C20H27N5O2S. The van der Waals surface area contributed by atoms with Crippen LogP contribution in [0.4, 0.5) is 0 Å². The summed E-state index contributed by atoms with van der Waals surface area (Å²) in [5, 5.41) is 8.77. The Hall–Kier alpha value is -2.74. The van der Waals surface area contributed by atoms with Crippen molar-refractivity contribution >= 4 is 28.2 Å². The van der Waals surface area contributed by atoms with E-state index in [1.807, 2.05) is 18.3 Å². The monoisotopic (exact) mass is 401 g/mol. The Kier molecular flexibility index (Phi) is 6.76. The molecule has 0 saturated heterocycles. The lowest BCUT2D eigenvalue weighted by molar-refractivity contribution is 0.398. The van der Waals surface area contributed by atoms with Crippen LogP contribution in [0, 0.1) is 6.92 Å². The molecule has 0 radical (unpaired) electrons. The van der Waals surface area contributed by atoms with Gasteiger partial charge >= 0.3 is 0 Å². The molecule has 0 aliphatic rings. The van der Waals surface area contributed by atoms with Crippen LogP contribution in [0.5, 0.6) is 11.5 Å². The number of hydrogen-bond acceptors (Lipinski definition) is 5. The first-order valence-electron chi connectivity index (χ1n) is 9.22. The van der Waals surface area contributed by atoms with Crippen LogP contribution in [0.25, 0.3) is 10.9 Å². The standard InChI is InChI=1S/C20H27N5O2S/c1-13-11-23-19(28-13)12-24-20(21-2)22-7-5-6-14-8-16-17(25-14)9-15(26-3)10-18(16)27-4/h8-11,25H,5-7,12H2,1-4H3,(H2,21,22,24). The Bertz CT molecular complexity index is 947. The maximum Gasteiger partial charge on any atom is 0.191 e. The zero-order chi connectivity index (χ0) is 19.9. The molecule has 8 heteroatoms. The zero-order valence-electron chi connectivity index (χ0n) is 16.8. The van der Waals surface area contributed by atoms with Gasteiger partial charge in [0.05, 0.1) is 26.3 Å². The van der Waals surface area contributed by atoms with Crippen molar-refractivity contribution in [3.05, 3.63) is 40.0 Å². The molecule has 0 unspecified atom stereocenters. The highest BCUT2D eigenvalue weighted by Crippen LogP contribution is 2.31. The van der Waals surface area contributed by atoms with Crippen molar-refractivity contribution in [2.45, 2.75) is 26.3 Å². The molecule has 2 aromatic heterocycles. The lowest BCUT2D eigenvalue weighted by atomic mass is 10.2. The molecule has 0 saturated carbocycles. The summed E-state index contributed by atoms with van der Waals surface area (Å²) in [5.41, 5.74) is 2.19. The zero-order valence-corrected chi connectivity index (χ0v) is 17.6. The number of benzene rings is 1. The van der Waals surface area contributed by atoms with E-state index in [2.05, 4.69) is 38.6 Å². The minimum Gasteiger partial charge on any atom is -0.497 e. The number of fused-ring (bicyclic) bond motifs is 1. The fraction of sp³-hybridized carbons (Fsp3) is 0.400. The summed E-state index contributed by atoms with van der Waals surface area (Å²) < 4.78 is 10.8. The normalized spacial score (nSPS) is 11.6. The van der Waals surface area contributed by atoms with Gasteiger partial charge in [-0.25, -0.2) is 4.98 Å². The van der Waals surface area contributed by atoms with Crippen molar-refractivity contribution in [3.63, 3.8) is 0 Å². The van der Waals surface area contributed by atoms with Crippen LogP contribution in [-0.2, 0) is 13.0 Å². The summed E-state index contributed by atoms with van der Waals surface area (Å²) in [5.74, 6) is 2.39. The number of aryl methyl sites for hydroxylation is 2. The SMILES string of the molecule is CN=C(NCCCc1cc2c(OC)cc(OC)cc2[nH]1)NCc1ncc(C)s1. The van der Waals surface area contributed by atoms with Crippen LogP contribution < -0.4 is 20.1 Å². The molecule has 2 heterocycles. The van der Waals surface area contributed by atoms with Crippen LogP contribution in [0.3, 0.4) is 0 Å². The molecule has 3 N–H and O–H groups in total. The largest absolute Gasteiger partial charge is 0.497 e. The van der Waals surface area contributed by atoms with E-state index in [1.165, 1.54) is 10.6 Å². The van der Waals surface area contributed by atoms with Gasteiger partial charge in [0.15, 0.2) is 5.96 Å². The van der Waals surface area contributed by atoms with Gasteiger partial charge in [-0.3, -0.25) is 4.99 Å². The Balaban J connectivity index is 1.50. The van der Waals surface area contributed by atoms with Gasteiger partial charge in [0, 0.05) is 47.9 Å². The van der Waals surface area contributed by atoms with Gasteiger partial charge in [0.1, 0.15) is 16.5 Å². The molecule has 7 nitrogen and oxygen atoms in total. The lowest BCUT2D eigenvalue weighted by Crippen LogP contribution is -2.37. The number of methoxy groups -OCH3 is 2. The Morgan fingerprint density at radius 3 is 2.75 bits per heavy atom. The van der Waals surface area contributed by atoms with Crippen molar-refractivity contribution in [2.75, 3.05) is 27.8 Å². The summed E-state index contributed by atoms with van der Waals surface area (Å²) in [4.78, 5) is 13.3. The lowest BCUT2D eigenvalue weighted by Gasteiger charge is -2.10. The summed E-state index contributed by atoms with van der Waals surface area (Å²) in [6.45, 7) is 3.57. The van der Waals surface area contributed by atoms with Gasteiger partial charge in [-0.05, 0) is 25.8 Å². The number of guanidine groups is 1. The second kappa shape index (κ2) is 9.45. The van der Waals surface area contributed by atoms with Gasteiger partial charge in [0.2, 0.25) is 0 Å². The third-order valence-corrected chi connectivity index (χ3v) is 5.31. The second-order valence-corrected chi connectivity index (χ2v) is 7.73. The fourth-order valence-corrected chi connectivity index (χ4v) is 3.73. The Morgan fingerprint density at radius 2 is 2.07 bits per heavy atom. The van der Waals surface area contributed by atoms with E-state index >= 15 is 0 Å². The molecular weight excluding hydrogens is 374 g/mol. The van der Waals surface area contributed by atoms with Crippen LogP contribution in [0.2, 0.25) is 0 Å². The first-order valence-corrected chi connectivity index (χ1v) is 10.0. The van der Waals surface area contributed by atoms with Crippen molar-refractivity contribution in [2.24, 2.45) is 4.99 Å². The highest BCUT2D eigenvalue weighted by molar-refractivity contribution is 7.11. The molecule has 1 aromatic carbocycles. The summed E-state index contributed by atoms with van der Waals surface area (Å²) in [6.07, 6.45) is 3.79. The van der Waals surface area contributed by atoms with Gasteiger partial charge in [-0.1, -0.05) is 0 Å². The number of thiazole rings is 1. The van der Waals surface area contributed by atoms with E-state index in [1.54, 1.807) is 32.6 Å². The number of hydrogen-bond donors (Lipinski definition) is 3. The van der Waals surface area contributed by atoms with Crippen LogP contribution in [0.1, 0.15) is 22.0 Å². The molecule has 0 aliphatic carbocycles. The van der Waals surface area contributed by atoms with Crippen molar-refractivity contribution in [1.29, 1.82) is 0 Å². The maximum atomic E-state index is 5.48. The summed E-state index contributed by atoms with van der Waals surface area (Å²) in [7, 11) is 5.11. The van der Waals surface area contributed by atoms with Gasteiger partial charge < -0.3 is 25.1 Å². The molecule has 0 aliphatic heterocycles. The molecule has 0 atom stereocenters. The van der Waals surface area contributed by atoms with Crippen molar-refractivity contribution < 1.29 is 9.47 Å². The molecule has 3 aromatic rings. The molecule has 150 valence electrons. The summed E-state index contributed by atoms with van der Waals surface area (Å²) >= 11 is 1.69. The summed E-state index contributed by atoms with van der Waals surface area (Å²) in [6, 6.07) is 6.04. The van der Waals surface area contributed by atoms with Crippen LogP contribution in [-0.4, -0.2) is 43.7 Å². The number of H-pyrrole nitrogens is 1. The van der Waals surface area contributed by atoms with Gasteiger partial charge in [-0.15, -0.1) is 11.3 Å². The maximum absolute atomic E-state index is 5.48. The van der Waals surface area contributed by atoms with Gasteiger partial charge in [-0.2, -0.15) is 0 Å². The second-order valence-electron chi connectivity index (χ2n) is 6.41. The Morgan fingerprint density at radius 1 is 1.21 bits per heavy atom. The topological polar surface area (TPSA) is 83.6 Å². The smallest absolute Gasteiger partial charge is 0.191 e. The first kappa shape index (κ1) is 20.0. The molecule has 0 amide bonds. The van der Waals surface area contributed by atoms with E-state index in [9.17, 15) is 0 Å². The van der Waals surface area contributed by atoms with E-state index in [0.717, 1.165) is 52.8 Å². The minimum atomic E-state index is 0.682. The molecule has 3 rings (SSSR count). The predicted molar refractivity (Wildman–Crippen MR) is 115 cm³/mol. The van der Waals surface area contributed by atoms with Gasteiger partial charge in [0.25, 0.3) is 0 Å². The molecule has 0 fully saturated rings. The number of aliphatic imine (C=N–C) groups is 1. The van der Waals surface area contributed by atoms with Crippen molar-refractivity contribution in [1.82, 2.24) is 20.6 Å². The molecule has 0 bridgehead atoms. The number of nitrogens with zero attached hydrogens (tertiary/aromatic N) is 2. The average Bonchev–Trinajstić information content (AvgIpc) is 3.31. The Labute approximate surface area is 169 Å². The van der Waals surface area contributed by atoms with E-state index < -0.39 is 0 Å². The van der Waals surface area contributed by atoms with E-state index in [0.29, 0.717) is 6.54 Å². The van der Waals surface area contributed by atoms with E-state index in [-0.39, 0.29) is 0 Å². The average molecular weight is 402 g/mol. The number of nitrogens with one attached hydrogen (secondary N) is 3. The number of rotatable bonds is 8. The quantitative estimate of drug-likeness (QED) is 0.307. The predicted octanol–water partition coefficient (Wildman–Crippen LogP) is 3.25. The molecule has 0 spiro atoms.